The summed E-state index contributed by atoms with van der Waals surface area (Å²) in [5.41, 5.74) is 1.67. The number of carboxylic acids is 1. The molecule has 1 N–H and O–H groups in total. The number of rotatable bonds is 4. The Labute approximate surface area is 114 Å². The maximum absolute atomic E-state index is 11.5. The number of nitrogens with zero attached hydrogens (tertiary/aromatic N) is 3. The average molecular weight is 265 g/mol. The van der Waals surface area contributed by atoms with Gasteiger partial charge < -0.3 is 5.11 Å². The average Bonchev–Trinajstić information content (AvgIpc) is 2.67. The number of aromatic nitrogens is 2. The number of aliphatic carboxylic acids is 1. The lowest BCUT2D eigenvalue weighted by molar-refractivity contribution is -0.153. The summed E-state index contributed by atoms with van der Waals surface area (Å²) >= 11 is 0. The lowest BCUT2D eigenvalue weighted by Gasteiger charge is -2.39. The Morgan fingerprint density at radius 1 is 1.58 bits per heavy atom. The molecule has 0 bridgehead atoms. The Bertz CT molecular complexity index is 469. The van der Waals surface area contributed by atoms with E-state index in [0.29, 0.717) is 13.0 Å². The summed E-state index contributed by atoms with van der Waals surface area (Å²) < 4.78 is 1.82. The Morgan fingerprint density at radius 2 is 2.32 bits per heavy atom. The molecule has 106 valence electrons. The molecule has 1 atom stereocenters. The predicted molar refractivity (Wildman–Crippen MR) is 72.8 cm³/mol. The van der Waals surface area contributed by atoms with Crippen LogP contribution in [-0.4, -0.2) is 38.8 Å². The topological polar surface area (TPSA) is 58.4 Å². The maximum Gasteiger partial charge on any atom is 0.310 e. The highest BCUT2D eigenvalue weighted by atomic mass is 16.4. The van der Waals surface area contributed by atoms with E-state index in [9.17, 15) is 9.90 Å². The standard InChI is InChI=1S/C14H23N3O2/c1-4-14(13(18)19)6-5-7-17(10-14)9-12-8-16(3)15-11(12)2/h8H,4-7,9-10H2,1-3H3,(H,18,19). The third kappa shape index (κ3) is 2.81. The van der Waals surface area contributed by atoms with Gasteiger partial charge in [-0.3, -0.25) is 14.4 Å². The molecule has 1 aromatic heterocycles. The van der Waals surface area contributed by atoms with Crippen LogP contribution >= 0.6 is 0 Å². The van der Waals surface area contributed by atoms with Crippen molar-refractivity contribution in [1.29, 1.82) is 0 Å². The molecule has 19 heavy (non-hydrogen) atoms. The summed E-state index contributed by atoms with van der Waals surface area (Å²) in [6, 6.07) is 0. The predicted octanol–water partition coefficient (Wildman–Crippen LogP) is 1.81. The van der Waals surface area contributed by atoms with E-state index in [1.165, 1.54) is 5.56 Å². The van der Waals surface area contributed by atoms with Gasteiger partial charge in [-0.1, -0.05) is 6.92 Å². The molecule has 1 saturated heterocycles. The molecule has 0 radical (unpaired) electrons. The van der Waals surface area contributed by atoms with Gasteiger partial charge in [0.05, 0.1) is 11.1 Å². The van der Waals surface area contributed by atoms with Crippen LogP contribution in [0.15, 0.2) is 6.20 Å². The van der Waals surface area contributed by atoms with Crippen LogP contribution in [-0.2, 0) is 18.4 Å². The molecule has 0 aliphatic carbocycles. The van der Waals surface area contributed by atoms with Gasteiger partial charge in [0.2, 0.25) is 0 Å². The van der Waals surface area contributed by atoms with Gasteiger partial charge in [0.25, 0.3) is 0 Å². The van der Waals surface area contributed by atoms with Crippen LogP contribution in [0.25, 0.3) is 0 Å². The van der Waals surface area contributed by atoms with E-state index in [1.54, 1.807) is 0 Å². The Morgan fingerprint density at radius 3 is 2.84 bits per heavy atom. The smallest absolute Gasteiger partial charge is 0.310 e. The molecule has 1 aromatic rings. The third-order valence-electron chi connectivity index (χ3n) is 4.30. The molecule has 1 unspecified atom stereocenters. The number of hydrogen-bond acceptors (Lipinski definition) is 3. The van der Waals surface area contributed by atoms with Gasteiger partial charge in [0.15, 0.2) is 0 Å². The van der Waals surface area contributed by atoms with Gasteiger partial charge in [-0.05, 0) is 32.7 Å². The number of carbonyl (C=O) groups is 1. The molecule has 0 spiro atoms. The minimum Gasteiger partial charge on any atom is -0.481 e. The van der Waals surface area contributed by atoms with Crippen molar-refractivity contribution in [3.05, 3.63) is 17.5 Å². The zero-order valence-electron chi connectivity index (χ0n) is 12.0. The SMILES string of the molecule is CCC1(C(=O)O)CCCN(Cc2cn(C)nc2C)C1. The normalized spacial score (nSPS) is 24.6. The molecule has 2 heterocycles. The summed E-state index contributed by atoms with van der Waals surface area (Å²) in [6.07, 6.45) is 4.48. The zero-order valence-corrected chi connectivity index (χ0v) is 12.0. The van der Waals surface area contributed by atoms with Crippen molar-refractivity contribution in [2.45, 2.75) is 39.7 Å². The van der Waals surface area contributed by atoms with E-state index in [4.69, 9.17) is 0 Å². The molecular weight excluding hydrogens is 242 g/mol. The Balaban J connectivity index is 2.09. The van der Waals surface area contributed by atoms with Gasteiger partial charge in [-0.15, -0.1) is 0 Å². The van der Waals surface area contributed by atoms with Crippen molar-refractivity contribution in [3.63, 3.8) is 0 Å². The van der Waals surface area contributed by atoms with Crippen LogP contribution in [0.5, 0.6) is 0 Å². The number of aryl methyl sites for hydroxylation is 2. The van der Waals surface area contributed by atoms with Crippen molar-refractivity contribution in [3.8, 4) is 0 Å². The van der Waals surface area contributed by atoms with Gasteiger partial charge in [-0.25, -0.2) is 0 Å². The van der Waals surface area contributed by atoms with Crippen molar-refractivity contribution >= 4 is 5.97 Å². The van der Waals surface area contributed by atoms with Crippen LogP contribution in [0.2, 0.25) is 0 Å². The van der Waals surface area contributed by atoms with Crippen LogP contribution < -0.4 is 0 Å². The van der Waals surface area contributed by atoms with Crippen molar-refractivity contribution in [1.82, 2.24) is 14.7 Å². The molecule has 5 heteroatoms. The summed E-state index contributed by atoms with van der Waals surface area (Å²) in [4.78, 5) is 13.8. The molecule has 0 amide bonds. The minimum atomic E-state index is -0.650. The quantitative estimate of drug-likeness (QED) is 0.902. The lowest BCUT2D eigenvalue weighted by atomic mass is 9.77. The first-order valence-electron chi connectivity index (χ1n) is 6.92. The number of hydrogen-bond donors (Lipinski definition) is 1. The van der Waals surface area contributed by atoms with Gasteiger partial charge in [-0.2, -0.15) is 5.10 Å². The Hall–Kier alpha value is -1.36. The largest absolute Gasteiger partial charge is 0.481 e. The van der Waals surface area contributed by atoms with Gasteiger partial charge >= 0.3 is 5.97 Å². The maximum atomic E-state index is 11.5. The number of carboxylic acid groups (broad SMARTS) is 1. The molecule has 0 saturated carbocycles. The van der Waals surface area contributed by atoms with Crippen LogP contribution in [0.3, 0.4) is 0 Å². The van der Waals surface area contributed by atoms with E-state index >= 15 is 0 Å². The molecule has 5 nitrogen and oxygen atoms in total. The molecule has 1 fully saturated rings. The molecule has 1 aliphatic rings. The van der Waals surface area contributed by atoms with E-state index in [0.717, 1.165) is 31.6 Å². The second-order valence-electron chi connectivity index (χ2n) is 5.67. The summed E-state index contributed by atoms with van der Waals surface area (Å²) in [6.45, 7) is 6.40. The van der Waals surface area contributed by atoms with Crippen LogP contribution in [0.4, 0.5) is 0 Å². The minimum absolute atomic E-state index is 0.561. The Kier molecular flexibility index (Phi) is 3.94. The van der Waals surface area contributed by atoms with E-state index in [2.05, 4.69) is 10.00 Å². The van der Waals surface area contributed by atoms with E-state index in [1.807, 2.05) is 31.8 Å². The summed E-state index contributed by atoms with van der Waals surface area (Å²) in [7, 11) is 1.92. The lowest BCUT2D eigenvalue weighted by Crippen LogP contribution is -2.47. The highest BCUT2D eigenvalue weighted by Crippen LogP contribution is 2.34. The molecular formula is C14H23N3O2. The zero-order chi connectivity index (χ0) is 14.0. The first kappa shape index (κ1) is 14.1. The highest BCUT2D eigenvalue weighted by Gasteiger charge is 2.40. The molecule has 0 aromatic carbocycles. The molecule has 2 rings (SSSR count). The monoisotopic (exact) mass is 265 g/mol. The first-order chi connectivity index (χ1) is 8.97. The first-order valence-corrected chi connectivity index (χ1v) is 6.92. The molecule has 1 aliphatic heterocycles. The summed E-state index contributed by atoms with van der Waals surface area (Å²) in [5.74, 6) is -0.650. The van der Waals surface area contributed by atoms with Gasteiger partial charge in [0.1, 0.15) is 0 Å². The number of piperidine rings is 1. The second kappa shape index (κ2) is 5.33. The number of likely N-dealkylation sites (tertiary alicyclic amines) is 1. The van der Waals surface area contributed by atoms with Crippen LogP contribution in [0.1, 0.15) is 37.4 Å². The fourth-order valence-electron chi connectivity index (χ4n) is 3.02. The third-order valence-corrected chi connectivity index (χ3v) is 4.30. The fraction of sp³-hybridized carbons (Fsp3) is 0.714. The van der Waals surface area contributed by atoms with Gasteiger partial charge in [0, 0.05) is 31.9 Å². The summed E-state index contributed by atoms with van der Waals surface area (Å²) in [5, 5.41) is 13.8. The second-order valence-corrected chi connectivity index (χ2v) is 5.67. The highest BCUT2D eigenvalue weighted by molar-refractivity contribution is 5.75. The fourth-order valence-corrected chi connectivity index (χ4v) is 3.02. The van der Waals surface area contributed by atoms with Crippen molar-refractivity contribution in [2.24, 2.45) is 12.5 Å². The van der Waals surface area contributed by atoms with E-state index in [-0.39, 0.29) is 0 Å². The van der Waals surface area contributed by atoms with Crippen LogP contribution in [0, 0.1) is 12.3 Å². The van der Waals surface area contributed by atoms with E-state index < -0.39 is 11.4 Å². The van der Waals surface area contributed by atoms with Crippen molar-refractivity contribution in [2.75, 3.05) is 13.1 Å². The van der Waals surface area contributed by atoms with Crippen molar-refractivity contribution < 1.29 is 9.90 Å².